The van der Waals surface area contributed by atoms with Gasteiger partial charge in [-0.05, 0) is 29.8 Å². The minimum atomic E-state index is -0.912. The van der Waals surface area contributed by atoms with Gasteiger partial charge in [-0.3, -0.25) is 0 Å². The van der Waals surface area contributed by atoms with Gasteiger partial charge in [0.2, 0.25) is 0 Å². The SMILES string of the molecule is Cl.N#Cc1ccccc1N(Cc1ccc(F)c(F)c1)c1cncnc1. The van der Waals surface area contributed by atoms with E-state index in [2.05, 4.69) is 16.0 Å². The summed E-state index contributed by atoms with van der Waals surface area (Å²) in [4.78, 5) is 9.76. The minimum absolute atomic E-state index is 0. The molecule has 0 saturated heterocycles. The smallest absolute Gasteiger partial charge is 0.159 e. The second kappa shape index (κ2) is 8.18. The van der Waals surface area contributed by atoms with E-state index in [0.717, 1.165) is 12.1 Å². The van der Waals surface area contributed by atoms with Crippen molar-refractivity contribution in [3.63, 3.8) is 0 Å². The van der Waals surface area contributed by atoms with Gasteiger partial charge in [0, 0.05) is 6.54 Å². The molecule has 0 N–H and O–H groups in total. The number of aromatic nitrogens is 2. The van der Waals surface area contributed by atoms with Crippen LogP contribution in [0.15, 0.2) is 61.2 Å². The third-order valence-corrected chi connectivity index (χ3v) is 3.50. The Bertz CT molecular complexity index is 897. The predicted molar refractivity (Wildman–Crippen MR) is 92.6 cm³/mol. The zero-order chi connectivity index (χ0) is 16.9. The lowest BCUT2D eigenvalue weighted by Gasteiger charge is -2.25. The van der Waals surface area contributed by atoms with Crippen LogP contribution >= 0.6 is 12.4 Å². The molecule has 0 aliphatic heterocycles. The number of anilines is 2. The van der Waals surface area contributed by atoms with E-state index in [4.69, 9.17) is 0 Å². The van der Waals surface area contributed by atoms with Crippen molar-refractivity contribution in [3.05, 3.63) is 83.9 Å². The van der Waals surface area contributed by atoms with Crippen LogP contribution < -0.4 is 4.90 Å². The van der Waals surface area contributed by atoms with Crippen molar-refractivity contribution in [1.29, 1.82) is 5.26 Å². The molecular formula is C18H13ClF2N4. The number of rotatable bonds is 4. The zero-order valence-electron chi connectivity index (χ0n) is 12.9. The van der Waals surface area contributed by atoms with Crippen LogP contribution in [0, 0.1) is 23.0 Å². The summed E-state index contributed by atoms with van der Waals surface area (Å²) < 4.78 is 26.7. The Morgan fingerprint density at radius 3 is 2.40 bits per heavy atom. The van der Waals surface area contributed by atoms with Crippen LogP contribution in [-0.2, 0) is 6.54 Å². The van der Waals surface area contributed by atoms with Crippen molar-refractivity contribution >= 4 is 23.8 Å². The molecule has 0 aliphatic carbocycles. The Balaban J connectivity index is 0.00000225. The molecule has 25 heavy (non-hydrogen) atoms. The molecule has 7 heteroatoms. The highest BCUT2D eigenvalue weighted by atomic mass is 35.5. The highest BCUT2D eigenvalue weighted by Crippen LogP contribution is 2.29. The number of hydrogen-bond acceptors (Lipinski definition) is 4. The van der Waals surface area contributed by atoms with Crippen molar-refractivity contribution in [2.45, 2.75) is 6.54 Å². The first-order valence-electron chi connectivity index (χ1n) is 7.14. The van der Waals surface area contributed by atoms with Gasteiger partial charge in [-0.1, -0.05) is 18.2 Å². The van der Waals surface area contributed by atoms with E-state index in [1.165, 1.54) is 12.4 Å². The Labute approximate surface area is 149 Å². The fraction of sp³-hybridized carbons (Fsp3) is 0.0556. The standard InChI is InChI=1S/C18H12F2N4.ClH/c19-16-6-5-13(7-17(16)20)11-24(15-9-22-12-23-10-15)18-4-2-1-3-14(18)8-21;/h1-7,9-10,12H,11H2;1H. The summed E-state index contributed by atoms with van der Waals surface area (Å²) in [6, 6.07) is 12.9. The molecular weight excluding hydrogens is 346 g/mol. The van der Waals surface area contributed by atoms with Crippen LogP contribution in [0.4, 0.5) is 20.2 Å². The van der Waals surface area contributed by atoms with Gasteiger partial charge < -0.3 is 4.90 Å². The summed E-state index contributed by atoms with van der Waals surface area (Å²) in [7, 11) is 0. The molecule has 0 fully saturated rings. The summed E-state index contributed by atoms with van der Waals surface area (Å²) in [5.74, 6) is -1.81. The molecule has 4 nitrogen and oxygen atoms in total. The maximum atomic E-state index is 13.5. The minimum Gasteiger partial charge on any atom is -0.333 e. The monoisotopic (exact) mass is 358 g/mol. The predicted octanol–water partition coefficient (Wildman–Crippen LogP) is 4.39. The molecule has 0 spiro atoms. The lowest BCUT2D eigenvalue weighted by atomic mass is 10.1. The Morgan fingerprint density at radius 1 is 1.00 bits per heavy atom. The molecule has 0 bridgehead atoms. The third kappa shape index (κ3) is 4.08. The molecule has 126 valence electrons. The van der Waals surface area contributed by atoms with Gasteiger partial charge in [0.1, 0.15) is 12.4 Å². The fourth-order valence-electron chi connectivity index (χ4n) is 2.37. The Hall–Kier alpha value is -3.04. The lowest BCUT2D eigenvalue weighted by Crippen LogP contribution is -2.18. The molecule has 0 aliphatic rings. The van der Waals surface area contributed by atoms with E-state index in [9.17, 15) is 14.0 Å². The number of halogens is 3. The fourth-order valence-corrected chi connectivity index (χ4v) is 2.37. The average molecular weight is 359 g/mol. The highest BCUT2D eigenvalue weighted by Gasteiger charge is 2.15. The molecule has 3 rings (SSSR count). The number of hydrogen-bond donors (Lipinski definition) is 0. The number of benzene rings is 2. The molecule has 0 radical (unpaired) electrons. The molecule has 0 unspecified atom stereocenters. The Kier molecular flexibility index (Phi) is 5.98. The van der Waals surface area contributed by atoms with Crippen LogP contribution in [0.2, 0.25) is 0 Å². The second-order valence-electron chi connectivity index (χ2n) is 5.06. The quantitative estimate of drug-likeness (QED) is 0.694. The number of nitriles is 1. The maximum Gasteiger partial charge on any atom is 0.159 e. The largest absolute Gasteiger partial charge is 0.333 e. The summed E-state index contributed by atoms with van der Waals surface area (Å²) in [6.07, 6.45) is 4.59. The number of nitrogens with zero attached hydrogens (tertiary/aromatic N) is 4. The first-order chi connectivity index (χ1) is 11.7. The van der Waals surface area contributed by atoms with Crippen LogP contribution in [0.3, 0.4) is 0 Å². The van der Waals surface area contributed by atoms with Gasteiger partial charge in [-0.15, -0.1) is 12.4 Å². The summed E-state index contributed by atoms with van der Waals surface area (Å²) in [5.41, 5.74) is 2.30. The van der Waals surface area contributed by atoms with E-state index < -0.39 is 11.6 Å². The van der Waals surface area contributed by atoms with E-state index in [-0.39, 0.29) is 19.0 Å². The molecule has 3 aromatic rings. The third-order valence-electron chi connectivity index (χ3n) is 3.50. The van der Waals surface area contributed by atoms with Crippen LogP contribution in [0.5, 0.6) is 0 Å². The zero-order valence-corrected chi connectivity index (χ0v) is 13.8. The summed E-state index contributed by atoms with van der Waals surface area (Å²) in [5, 5.41) is 9.34. The summed E-state index contributed by atoms with van der Waals surface area (Å²) >= 11 is 0. The highest BCUT2D eigenvalue weighted by molar-refractivity contribution is 5.85. The Morgan fingerprint density at radius 2 is 1.72 bits per heavy atom. The molecule has 0 amide bonds. The van der Waals surface area contributed by atoms with Gasteiger partial charge >= 0.3 is 0 Å². The first kappa shape index (κ1) is 18.3. The van der Waals surface area contributed by atoms with E-state index >= 15 is 0 Å². The van der Waals surface area contributed by atoms with Crippen LogP contribution in [-0.4, -0.2) is 9.97 Å². The normalized spacial score (nSPS) is 9.80. The van der Waals surface area contributed by atoms with E-state index in [1.54, 1.807) is 41.6 Å². The molecule has 1 heterocycles. The molecule has 2 aromatic carbocycles. The van der Waals surface area contributed by atoms with Gasteiger partial charge in [0.05, 0.1) is 29.3 Å². The maximum absolute atomic E-state index is 13.5. The van der Waals surface area contributed by atoms with E-state index in [0.29, 0.717) is 22.5 Å². The lowest BCUT2D eigenvalue weighted by molar-refractivity contribution is 0.507. The molecule has 1 aromatic heterocycles. The van der Waals surface area contributed by atoms with Crippen molar-refractivity contribution in [2.24, 2.45) is 0 Å². The average Bonchev–Trinajstić information content (AvgIpc) is 2.63. The van der Waals surface area contributed by atoms with Crippen LogP contribution in [0.25, 0.3) is 0 Å². The number of para-hydroxylation sites is 1. The van der Waals surface area contributed by atoms with Gasteiger partial charge in [0.15, 0.2) is 11.6 Å². The van der Waals surface area contributed by atoms with Crippen molar-refractivity contribution in [3.8, 4) is 6.07 Å². The van der Waals surface area contributed by atoms with E-state index in [1.807, 2.05) is 0 Å². The van der Waals surface area contributed by atoms with Crippen molar-refractivity contribution in [1.82, 2.24) is 9.97 Å². The van der Waals surface area contributed by atoms with Crippen molar-refractivity contribution in [2.75, 3.05) is 4.90 Å². The van der Waals surface area contributed by atoms with Gasteiger partial charge in [0.25, 0.3) is 0 Å². The molecule has 0 saturated carbocycles. The summed E-state index contributed by atoms with van der Waals surface area (Å²) in [6.45, 7) is 0.239. The molecule has 0 atom stereocenters. The van der Waals surface area contributed by atoms with Gasteiger partial charge in [-0.2, -0.15) is 5.26 Å². The van der Waals surface area contributed by atoms with Crippen LogP contribution in [0.1, 0.15) is 11.1 Å². The second-order valence-corrected chi connectivity index (χ2v) is 5.06. The topological polar surface area (TPSA) is 52.8 Å². The van der Waals surface area contributed by atoms with Gasteiger partial charge in [-0.25, -0.2) is 18.7 Å². The first-order valence-corrected chi connectivity index (χ1v) is 7.14. The van der Waals surface area contributed by atoms with Crippen molar-refractivity contribution < 1.29 is 8.78 Å².